The van der Waals surface area contributed by atoms with Gasteiger partial charge in [0.15, 0.2) is 10.2 Å². The molecule has 0 rings (SSSR count). The Labute approximate surface area is 115 Å². The highest BCUT2D eigenvalue weighted by atomic mass is 32.1. The first kappa shape index (κ1) is 16.3. The molecule has 0 saturated heterocycles. The van der Waals surface area contributed by atoms with Crippen molar-refractivity contribution in [2.45, 2.75) is 13.8 Å². The molecular formula is C8H14N4O4S2. The molecule has 0 bridgehead atoms. The van der Waals surface area contributed by atoms with Gasteiger partial charge in [0.1, 0.15) is 0 Å². The van der Waals surface area contributed by atoms with Gasteiger partial charge in [-0.2, -0.15) is 0 Å². The number of thiocarbonyl (C=S) groups is 2. The Morgan fingerprint density at radius 3 is 1.50 bits per heavy atom. The number of hydrazine groups is 1. The predicted molar refractivity (Wildman–Crippen MR) is 71.8 cm³/mol. The van der Waals surface area contributed by atoms with Crippen LogP contribution >= 0.6 is 24.4 Å². The van der Waals surface area contributed by atoms with Crippen LogP contribution in [0.1, 0.15) is 13.8 Å². The van der Waals surface area contributed by atoms with E-state index in [0.29, 0.717) is 0 Å². The summed E-state index contributed by atoms with van der Waals surface area (Å²) in [5, 5.41) is 4.31. The van der Waals surface area contributed by atoms with E-state index in [9.17, 15) is 9.59 Å². The highest BCUT2D eigenvalue weighted by Crippen LogP contribution is 1.78. The van der Waals surface area contributed by atoms with E-state index in [1.807, 2.05) is 0 Å². The zero-order chi connectivity index (χ0) is 14.0. The summed E-state index contributed by atoms with van der Waals surface area (Å²) in [4.78, 5) is 21.9. The average Bonchev–Trinajstić information content (AvgIpc) is 2.27. The molecular weight excluding hydrogens is 280 g/mol. The van der Waals surface area contributed by atoms with E-state index in [0.717, 1.165) is 0 Å². The molecule has 0 saturated carbocycles. The fraction of sp³-hybridized carbons (Fsp3) is 0.500. The Hall–Kier alpha value is -1.68. The molecule has 0 aromatic heterocycles. The lowest BCUT2D eigenvalue weighted by Gasteiger charge is -2.12. The number of amides is 2. The van der Waals surface area contributed by atoms with Gasteiger partial charge < -0.3 is 9.47 Å². The number of ether oxygens (including phenoxy) is 2. The van der Waals surface area contributed by atoms with E-state index < -0.39 is 12.2 Å². The van der Waals surface area contributed by atoms with Gasteiger partial charge in [0, 0.05) is 0 Å². The third kappa shape index (κ3) is 8.47. The quantitative estimate of drug-likeness (QED) is 0.421. The molecule has 0 heterocycles. The second kappa shape index (κ2) is 9.36. The van der Waals surface area contributed by atoms with Gasteiger partial charge in [-0.1, -0.05) is 0 Å². The summed E-state index contributed by atoms with van der Waals surface area (Å²) < 4.78 is 9.18. The Morgan fingerprint density at radius 2 is 1.22 bits per heavy atom. The van der Waals surface area contributed by atoms with E-state index in [1.165, 1.54) is 0 Å². The number of hydrogen-bond acceptors (Lipinski definition) is 6. The predicted octanol–water partition coefficient (Wildman–Crippen LogP) is 0.143. The van der Waals surface area contributed by atoms with Crippen molar-refractivity contribution in [1.82, 2.24) is 21.5 Å². The molecule has 4 N–H and O–H groups in total. The zero-order valence-corrected chi connectivity index (χ0v) is 11.5. The van der Waals surface area contributed by atoms with Crippen molar-refractivity contribution in [2.75, 3.05) is 13.2 Å². The molecule has 18 heavy (non-hydrogen) atoms. The lowest BCUT2D eigenvalue weighted by atomic mass is 10.8. The molecule has 2 amide bonds. The molecule has 102 valence electrons. The minimum atomic E-state index is -0.693. The second-order valence-electron chi connectivity index (χ2n) is 2.60. The van der Waals surface area contributed by atoms with Crippen molar-refractivity contribution in [3.8, 4) is 0 Å². The number of carbonyl (C=O) groups excluding carboxylic acids is 2. The van der Waals surface area contributed by atoms with Gasteiger partial charge in [-0.15, -0.1) is 0 Å². The zero-order valence-electron chi connectivity index (χ0n) is 9.86. The molecule has 0 aromatic carbocycles. The number of alkyl carbamates (subject to hydrolysis) is 2. The topological polar surface area (TPSA) is 101 Å². The van der Waals surface area contributed by atoms with Crippen LogP contribution in [0.2, 0.25) is 0 Å². The van der Waals surface area contributed by atoms with Gasteiger partial charge >= 0.3 is 12.2 Å². The molecule has 0 fully saturated rings. The standard InChI is InChI=1S/C8H14N4O4S2/c1-3-15-7(13)9-5(17)11-12-6(18)10-8(14)16-4-2/h3-4H2,1-2H3,(H2,9,11,13,17)(H2,10,12,14,18). The van der Waals surface area contributed by atoms with Crippen molar-refractivity contribution in [1.29, 1.82) is 0 Å². The van der Waals surface area contributed by atoms with Gasteiger partial charge in [0.05, 0.1) is 13.2 Å². The van der Waals surface area contributed by atoms with Crippen LogP contribution in [-0.2, 0) is 9.47 Å². The van der Waals surface area contributed by atoms with Gasteiger partial charge in [0.2, 0.25) is 0 Å². The summed E-state index contributed by atoms with van der Waals surface area (Å²) in [6.45, 7) is 3.77. The number of hydrogen-bond donors (Lipinski definition) is 4. The van der Waals surface area contributed by atoms with E-state index in [-0.39, 0.29) is 23.4 Å². The number of rotatable bonds is 2. The van der Waals surface area contributed by atoms with Crippen LogP contribution in [0, 0.1) is 0 Å². The van der Waals surface area contributed by atoms with Crippen LogP contribution in [0.4, 0.5) is 9.59 Å². The summed E-state index contributed by atoms with van der Waals surface area (Å²) in [5.74, 6) is 0. The Kier molecular flexibility index (Phi) is 8.49. The Morgan fingerprint density at radius 1 is 0.889 bits per heavy atom. The number of nitrogens with one attached hydrogen (secondary N) is 4. The van der Waals surface area contributed by atoms with E-state index in [2.05, 4.69) is 31.0 Å². The van der Waals surface area contributed by atoms with E-state index in [1.54, 1.807) is 13.8 Å². The van der Waals surface area contributed by atoms with Crippen LogP contribution in [0.5, 0.6) is 0 Å². The highest BCUT2D eigenvalue weighted by Gasteiger charge is 2.06. The first-order valence-corrected chi connectivity index (χ1v) is 5.78. The van der Waals surface area contributed by atoms with Gasteiger partial charge in [0.25, 0.3) is 0 Å². The molecule has 0 unspecified atom stereocenters. The summed E-state index contributed by atoms with van der Waals surface area (Å²) in [5.41, 5.74) is 4.75. The van der Waals surface area contributed by atoms with Gasteiger partial charge in [-0.25, -0.2) is 9.59 Å². The van der Waals surface area contributed by atoms with E-state index in [4.69, 9.17) is 24.4 Å². The van der Waals surface area contributed by atoms with Crippen molar-refractivity contribution >= 4 is 46.8 Å². The Balaban J connectivity index is 3.81. The molecule has 0 aromatic rings. The molecule has 0 atom stereocenters. The average molecular weight is 294 g/mol. The molecule has 0 aliphatic rings. The molecule has 10 heteroatoms. The molecule has 0 radical (unpaired) electrons. The van der Waals surface area contributed by atoms with Crippen LogP contribution in [0.3, 0.4) is 0 Å². The SMILES string of the molecule is CCOC(=O)NC(=S)NNC(=S)NC(=O)OCC. The fourth-order valence-electron chi connectivity index (χ4n) is 0.696. The maximum Gasteiger partial charge on any atom is 0.413 e. The minimum absolute atomic E-state index is 0.0542. The maximum atomic E-state index is 10.9. The van der Waals surface area contributed by atoms with Crippen molar-refractivity contribution in [2.24, 2.45) is 0 Å². The molecule has 0 spiro atoms. The Bertz CT molecular complexity index is 305. The summed E-state index contributed by atoms with van der Waals surface area (Å²) in [6, 6.07) is 0. The molecule has 0 aliphatic carbocycles. The molecule has 0 aliphatic heterocycles. The van der Waals surface area contributed by atoms with Gasteiger partial charge in [-0.3, -0.25) is 21.5 Å². The monoisotopic (exact) mass is 294 g/mol. The lowest BCUT2D eigenvalue weighted by molar-refractivity contribution is 0.156. The molecule has 8 nitrogen and oxygen atoms in total. The van der Waals surface area contributed by atoms with Gasteiger partial charge in [-0.05, 0) is 38.3 Å². The normalized spacial score (nSPS) is 8.78. The maximum absolute atomic E-state index is 10.9. The van der Waals surface area contributed by atoms with E-state index >= 15 is 0 Å². The minimum Gasteiger partial charge on any atom is -0.450 e. The van der Waals surface area contributed by atoms with Crippen LogP contribution < -0.4 is 21.5 Å². The van der Waals surface area contributed by atoms with Crippen LogP contribution in [0.15, 0.2) is 0 Å². The van der Waals surface area contributed by atoms with Crippen LogP contribution in [0.25, 0.3) is 0 Å². The third-order valence-electron chi connectivity index (χ3n) is 1.27. The number of carbonyl (C=O) groups is 2. The first-order valence-electron chi connectivity index (χ1n) is 4.97. The summed E-state index contributed by atoms with van der Waals surface area (Å²) in [6.07, 6.45) is -1.39. The summed E-state index contributed by atoms with van der Waals surface area (Å²) in [7, 11) is 0. The second-order valence-corrected chi connectivity index (χ2v) is 3.42. The van der Waals surface area contributed by atoms with Crippen molar-refractivity contribution in [3.63, 3.8) is 0 Å². The lowest BCUT2D eigenvalue weighted by Crippen LogP contribution is -2.52. The van der Waals surface area contributed by atoms with Crippen molar-refractivity contribution < 1.29 is 19.1 Å². The third-order valence-corrected chi connectivity index (χ3v) is 1.68. The fourth-order valence-corrected chi connectivity index (χ4v) is 0.965. The summed E-state index contributed by atoms with van der Waals surface area (Å²) >= 11 is 9.48. The largest absolute Gasteiger partial charge is 0.450 e. The smallest absolute Gasteiger partial charge is 0.413 e. The highest BCUT2D eigenvalue weighted by molar-refractivity contribution is 7.80. The van der Waals surface area contributed by atoms with Crippen LogP contribution in [-0.4, -0.2) is 35.6 Å². The van der Waals surface area contributed by atoms with Crippen molar-refractivity contribution in [3.05, 3.63) is 0 Å². The first-order chi connectivity index (χ1) is 8.49.